The lowest BCUT2D eigenvalue weighted by atomic mass is 10.3. The molecule has 0 saturated heterocycles. The monoisotopic (exact) mass is 296 g/mol. The second-order valence-corrected chi connectivity index (χ2v) is 5.33. The first kappa shape index (κ1) is 15.6. The molecule has 2 aromatic carbocycles. The highest BCUT2D eigenvalue weighted by atomic mass is 32.2. The van der Waals surface area contributed by atoms with Crippen LogP contribution in [-0.4, -0.2) is 13.0 Å². The Bertz CT molecular complexity index is 684. The number of benzene rings is 2. The van der Waals surface area contributed by atoms with Gasteiger partial charge in [0.05, 0.1) is 5.69 Å². The van der Waals surface area contributed by atoms with Gasteiger partial charge in [-0.15, -0.1) is 0 Å². The third-order valence-corrected chi connectivity index (χ3v) is 3.15. The van der Waals surface area contributed by atoms with E-state index in [1.807, 2.05) is 6.07 Å². The Morgan fingerprint density at radius 1 is 0.800 bits per heavy atom. The fourth-order valence-electron chi connectivity index (χ4n) is 1.36. The standard InChI is InChI=1S/C6H8N2O3S.C6H8N2/c7-4-1-2-6(5(8)3-4)12(9,10)11;7-5-2-1-3-6(8)4-5/h1-3H,7-8H2,(H,9,10,11);1-4H,7-8H2. The molecule has 8 heteroatoms. The number of anilines is 4. The van der Waals surface area contributed by atoms with Crippen molar-refractivity contribution in [1.82, 2.24) is 0 Å². The molecule has 0 heterocycles. The minimum absolute atomic E-state index is 0.0579. The average molecular weight is 296 g/mol. The molecular weight excluding hydrogens is 280 g/mol. The molecule has 7 nitrogen and oxygen atoms in total. The molecule has 2 aromatic rings. The summed E-state index contributed by atoms with van der Waals surface area (Å²) in [5.41, 5.74) is 23.1. The van der Waals surface area contributed by atoms with E-state index < -0.39 is 10.1 Å². The first-order chi connectivity index (χ1) is 9.20. The molecule has 0 fully saturated rings. The van der Waals surface area contributed by atoms with Crippen molar-refractivity contribution in [2.75, 3.05) is 22.9 Å². The Morgan fingerprint density at radius 2 is 1.30 bits per heavy atom. The zero-order valence-electron chi connectivity index (χ0n) is 10.5. The van der Waals surface area contributed by atoms with E-state index in [2.05, 4.69) is 0 Å². The van der Waals surface area contributed by atoms with Crippen LogP contribution in [0.5, 0.6) is 0 Å². The maximum atomic E-state index is 10.6. The van der Waals surface area contributed by atoms with Crippen LogP contribution < -0.4 is 22.9 Å². The van der Waals surface area contributed by atoms with E-state index in [0.717, 1.165) is 6.07 Å². The summed E-state index contributed by atoms with van der Waals surface area (Å²) in [6.45, 7) is 0. The summed E-state index contributed by atoms with van der Waals surface area (Å²) in [5.74, 6) is 0. The van der Waals surface area contributed by atoms with E-state index in [1.165, 1.54) is 12.1 Å². The van der Waals surface area contributed by atoms with E-state index in [-0.39, 0.29) is 10.6 Å². The average Bonchev–Trinajstić information content (AvgIpc) is 2.27. The Labute approximate surface area is 116 Å². The largest absolute Gasteiger partial charge is 0.399 e. The summed E-state index contributed by atoms with van der Waals surface area (Å²) >= 11 is 0. The van der Waals surface area contributed by atoms with Crippen LogP contribution in [0.15, 0.2) is 47.4 Å². The zero-order chi connectivity index (χ0) is 15.3. The van der Waals surface area contributed by atoms with Gasteiger partial charge in [0.1, 0.15) is 4.90 Å². The molecule has 0 aliphatic rings. The lowest BCUT2D eigenvalue weighted by Crippen LogP contribution is -2.03. The number of rotatable bonds is 1. The van der Waals surface area contributed by atoms with Crippen LogP contribution in [0.4, 0.5) is 22.7 Å². The molecule has 108 valence electrons. The van der Waals surface area contributed by atoms with Crippen LogP contribution in [-0.2, 0) is 10.1 Å². The van der Waals surface area contributed by atoms with Gasteiger partial charge in [-0.25, -0.2) is 0 Å². The number of hydrogen-bond acceptors (Lipinski definition) is 6. The summed E-state index contributed by atoms with van der Waals surface area (Å²) in [4.78, 5) is -0.322. The van der Waals surface area contributed by atoms with Crippen molar-refractivity contribution in [1.29, 1.82) is 0 Å². The van der Waals surface area contributed by atoms with Gasteiger partial charge in [0.2, 0.25) is 0 Å². The molecule has 0 spiro atoms. The normalized spacial score (nSPS) is 10.4. The summed E-state index contributed by atoms with van der Waals surface area (Å²) in [5, 5.41) is 0. The Balaban J connectivity index is 0.000000217. The van der Waals surface area contributed by atoms with Gasteiger partial charge >= 0.3 is 0 Å². The molecule has 0 atom stereocenters. The molecule has 0 aliphatic heterocycles. The Hall–Kier alpha value is -2.45. The lowest BCUT2D eigenvalue weighted by molar-refractivity contribution is 0.483. The predicted octanol–water partition coefficient (Wildman–Crippen LogP) is 0.949. The molecular formula is C12H16N4O3S. The van der Waals surface area contributed by atoms with Crippen LogP contribution >= 0.6 is 0 Å². The molecule has 0 radical (unpaired) electrons. The van der Waals surface area contributed by atoms with Gasteiger partial charge in [-0.1, -0.05) is 6.07 Å². The van der Waals surface area contributed by atoms with Gasteiger partial charge in [0.25, 0.3) is 10.1 Å². The van der Waals surface area contributed by atoms with Gasteiger partial charge in [-0.2, -0.15) is 8.42 Å². The van der Waals surface area contributed by atoms with Crippen molar-refractivity contribution in [2.24, 2.45) is 0 Å². The van der Waals surface area contributed by atoms with Crippen LogP contribution in [0.1, 0.15) is 0 Å². The Morgan fingerprint density at radius 3 is 1.65 bits per heavy atom. The molecule has 0 aliphatic carbocycles. The number of nitrogens with two attached hydrogens (primary N) is 4. The molecule has 9 N–H and O–H groups in total. The topological polar surface area (TPSA) is 158 Å². The molecule has 0 amide bonds. The predicted molar refractivity (Wildman–Crippen MR) is 80.3 cm³/mol. The van der Waals surface area contributed by atoms with E-state index in [0.29, 0.717) is 17.1 Å². The van der Waals surface area contributed by atoms with Crippen molar-refractivity contribution in [3.05, 3.63) is 42.5 Å². The second-order valence-electron chi connectivity index (χ2n) is 3.94. The van der Waals surface area contributed by atoms with Gasteiger partial charge < -0.3 is 22.9 Å². The van der Waals surface area contributed by atoms with E-state index in [9.17, 15) is 8.42 Å². The highest BCUT2D eigenvalue weighted by molar-refractivity contribution is 7.86. The molecule has 2 rings (SSSR count). The third-order valence-electron chi connectivity index (χ3n) is 2.22. The Kier molecular flexibility index (Phi) is 4.78. The SMILES string of the molecule is Nc1ccc(S(=O)(=O)O)c(N)c1.Nc1cccc(N)c1. The van der Waals surface area contributed by atoms with E-state index in [4.69, 9.17) is 27.5 Å². The van der Waals surface area contributed by atoms with Crippen LogP contribution in [0.25, 0.3) is 0 Å². The molecule has 0 saturated carbocycles. The van der Waals surface area contributed by atoms with Crippen molar-refractivity contribution in [2.45, 2.75) is 4.90 Å². The highest BCUT2D eigenvalue weighted by Crippen LogP contribution is 2.19. The second kappa shape index (κ2) is 6.13. The molecule has 20 heavy (non-hydrogen) atoms. The first-order valence-electron chi connectivity index (χ1n) is 5.43. The lowest BCUT2D eigenvalue weighted by Gasteiger charge is -2.01. The minimum atomic E-state index is -4.23. The smallest absolute Gasteiger partial charge is 0.296 e. The van der Waals surface area contributed by atoms with Gasteiger partial charge in [0.15, 0.2) is 0 Å². The summed E-state index contributed by atoms with van der Waals surface area (Å²) in [7, 11) is -4.23. The fourth-order valence-corrected chi connectivity index (χ4v) is 1.96. The molecule has 0 unspecified atom stereocenters. The van der Waals surface area contributed by atoms with Crippen molar-refractivity contribution >= 4 is 32.9 Å². The molecule has 0 aromatic heterocycles. The number of nitrogen functional groups attached to an aromatic ring is 4. The zero-order valence-corrected chi connectivity index (χ0v) is 11.3. The van der Waals surface area contributed by atoms with Gasteiger partial charge in [-0.3, -0.25) is 4.55 Å². The maximum absolute atomic E-state index is 10.6. The molecule has 0 bridgehead atoms. The minimum Gasteiger partial charge on any atom is -0.399 e. The summed E-state index contributed by atoms with van der Waals surface area (Å²) in [6, 6.07) is 10.9. The number of hydrogen-bond donors (Lipinski definition) is 5. The third kappa shape index (κ3) is 4.67. The summed E-state index contributed by atoms with van der Waals surface area (Å²) < 4.78 is 29.8. The van der Waals surface area contributed by atoms with E-state index >= 15 is 0 Å². The van der Waals surface area contributed by atoms with Crippen LogP contribution in [0.2, 0.25) is 0 Å². The summed E-state index contributed by atoms with van der Waals surface area (Å²) in [6.07, 6.45) is 0. The maximum Gasteiger partial charge on any atom is 0.296 e. The van der Waals surface area contributed by atoms with Crippen LogP contribution in [0, 0.1) is 0 Å². The van der Waals surface area contributed by atoms with Gasteiger partial charge in [-0.05, 0) is 36.4 Å². The first-order valence-corrected chi connectivity index (χ1v) is 6.87. The van der Waals surface area contributed by atoms with Crippen molar-refractivity contribution in [3.8, 4) is 0 Å². The highest BCUT2D eigenvalue weighted by Gasteiger charge is 2.12. The van der Waals surface area contributed by atoms with Crippen LogP contribution in [0.3, 0.4) is 0 Å². The van der Waals surface area contributed by atoms with Gasteiger partial charge in [0, 0.05) is 17.1 Å². The quantitative estimate of drug-likeness (QED) is 0.387. The fraction of sp³-hybridized carbons (Fsp3) is 0. The van der Waals surface area contributed by atoms with E-state index in [1.54, 1.807) is 18.2 Å². The van der Waals surface area contributed by atoms with Crippen molar-refractivity contribution < 1.29 is 13.0 Å². The van der Waals surface area contributed by atoms with Crippen molar-refractivity contribution in [3.63, 3.8) is 0 Å².